The van der Waals surface area contributed by atoms with Crippen molar-refractivity contribution < 1.29 is 33.1 Å². The van der Waals surface area contributed by atoms with Crippen molar-refractivity contribution in [3.63, 3.8) is 0 Å². The van der Waals surface area contributed by atoms with Gasteiger partial charge in [0.1, 0.15) is 5.76 Å². The van der Waals surface area contributed by atoms with Crippen LogP contribution in [0.3, 0.4) is 0 Å². The van der Waals surface area contributed by atoms with Crippen molar-refractivity contribution in [1.29, 1.82) is 0 Å². The van der Waals surface area contributed by atoms with Gasteiger partial charge >= 0.3 is 17.8 Å². The highest BCUT2D eigenvalue weighted by atomic mass is 16.7. The summed E-state index contributed by atoms with van der Waals surface area (Å²) in [6.07, 6.45) is 1.40. The number of fused-ring (bicyclic) bond motifs is 1. The minimum absolute atomic E-state index is 0.152. The molecule has 168 valence electrons. The Balaban J connectivity index is 1.38. The Morgan fingerprint density at radius 2 is 1.73 bits per heavy atom. The standard InChI is InChI=1S/C23H19N3O7/c1-13-8-17(14(2)26(13)15-5-6-19-20(9-15)33-12-32-19)18(27)11-25-22(29)21(28)24(23(25)30)10-16-4-3-7-31-16/h3-9H,10-12H2,1-2H3. The van der Waals surface area contributed by atoms with Crippen LogP contribution in [0.4, 0.5) is 4.79 Å². The summed E-state index contributed by atoms with van der Waals surface area (Å²) in [5.41, 5.74) is 2.54. The van der Waals surface area contributed by atoms with E-state index in [1.807, 2.05) is 23.6 Å². The SMILES string of the molecule is Cc1cc(C(=O)CN2C(=O)C(=O)N(Cc3ccco3)C2=O)c(C)n1-c1ccc2c(c1)OCO2. The zero-order valence-corrected chi connectivity index (χ0v) is 17.9. The van der Waals surface area contributed by atoms with Crippen LogP contribution in [0.15, 0.2) is 47.1 Å². The lowest BCUT2D eigenvalue weighted by atomic mass is 10.1. The molecule has 0 unspecified atom stereocenters. The summed E-state index contributed by atoms with van der Waals surface area (Å²) in [6, 6.07) is 9.49. The maximum atomic E-state index is 13.1. The number of amides is 4. The van der Waals surface area contributed by atoms with Crippen LogP contribution in [0.1, 0.15) is 27.5 Å². The number of benzene rings is 1. The normalized spacial score (nSPS) is 15.2. The van der Waals surface area contributed by atoms with Crippen molar-refractivity contribution in [3.8, 4) is 17.2 Å². The quantitative estimate of drug-likeness (QED) is 0.323. The van der Waals surface area contributed by atoms with Gasteiger partial charge in [0.15, 0.2) is 17.3 Å². The Hall–Kier alpha value is -4.34. The van der Waals surface area contributed by atoms with E-state index in [1.165, 1.54) is 6.26 Å². The lowest BCUT2D eigenvalue weighted by molar-refractivity contribution is -0.143. The van der Waals surface area contributed by atoms with E-state index in [0.29, 0.717) is 33.4 Å². The van der Waals surface area contributed by atoms with E-state index in [0.717, 1.165) is 16.3 Å². The zero-order chi connectivity index (χ0) is 23.3. The summed E-state index contributed by atoms with van der Waals surface area (Å²) >= 11 is 0. The van der Waals surface area contributed by atoms with E-state index >= 15 is 0 Å². The number of Topliss-reactive ketones (excluding diaryl/α,β-unsaturated/α-hetero) is 1. The number of imide groups is 2. The summed E-state index contributed by atoms with van der Waals surface area (Å²) in [5, 5.41) is 0. The number of aromatic nitrogens is 1. The molecule has 33 heavy (non-hydrogen) atoms. The summed E-state index contributed by atoms with van der Waals surface area (Å²) in [7, 11) is 0. The molecule has 1 fully saturated rings. The number of hydrogen-bond acceptors (Lipinski definition) is 7. The van der Waals surface area contributed by atoms with Gasteiger partial charge in [-0.25, -0.2) is 14.6 Å². The first-order valence-electron chi connectivity index (χ1n) is 10.2. The third kappa shape index (κ3) is 3.36. The van der Waals surface area contributed by atoms with Gasteiger partial charge in [-0.05, 0) is 44.2 Å². The molecule has 0 N–H and O–H groups in total. The number of nitrogens with zero attached hydrogens (tertiary/aromatic N) is 3. The second kappa shape index (κ2) is 7.66. The molecule has 0 spiro atoms. The molecule has 10 nitrogen and oxygen atoms in total. The molecule has 1 aromatic carbocycles. The third-order valence-corrected chi connectivity index (χ3v) is 5.68. The van der Waals surface area contributed by atoms with Crippen molar-refractivity contribution in [3.05, 3.63) is 65.4 Å². The van der Waals surface area contributed by atoms with E-state index in [2.05, 4.69) is 0 Å². The van der Waals surface area contributed by atoms with E-state index < -0.39 is 30.2 Å². The largest absolute Gasteiger partial charge is 0.467 e. The van der Waals surface area contributed by atoms with Crippen molar-refractivity contribution in [2.75, 3.05) is 13.3 Å². The number of furan rings is 1. The Bertz CT molecular complexity index is 1310. The fourth-order valence-electron chi connectivity index (χ4n) is 4.08. The molecule has 4 heterocycles. The first-order valence-corrected chi connectivity index (χ1v) is 10.2. The minimum Gasteiger partial charge on any atom is -0.467 e. The van der Waals surface area contributed by atoms with Crippen LogP contribution < -0.4 is 9.47 Å². The summed E-state index contributed by atoms with van der Waals surface area (Å²) in [4.78, 5) is 51.9. The van der Waals surface area contributed by atoms with Crippen LogP contribution >= 0.6 is 0 Å². The maximum Gasteiger partial charge on any atom is 0.335 e. The van der Waals surface area contributed by atoms with Gasteiger partial charge in [-0.3, -0.25) is 14.4 Å². The molecule has 0 aliphatic carbocycles. The molecular weight excluding hydrogens is 430 g/mol. The molecule has 2 aliphatic heterocycles. The fraction of sp³-hybridized carbons (Fsp3) is 0.217. The van der Waals surface area contributed by atoms with Crippen LogP contribution in [-0.4, -0.2) is 51.3 Å². The van der Waals surface area contributed by atoms with Gasteiger partial charge in [0, 0.05) is 28.7 Å². The number of urea groups is 1. The van der Waals surface area contributed by atoms with E-state index in [1.54, 1.807) is 31.2 Å². The maximum absolute atomic E-state index is 13.1. The van der Waals surface area contributed by atoms with Crippen LogP contribution in [0, 0.1) is 13.8 Å². The van der Waals surface area contributed by atoms with Gasteiger partial charge in [-0.15, -0.1) is 0 Å². The van der Waals surface area contributed by atoms with E-state index in [-0.39, 0.29) is 13.3 Å². The summed E-state index contributed by atoms with van der Waals surface area (Å²) < 4.78 is 17.8. The molecule has 2 aliphatic rings. The van der Waals surface area contributed by atoms with Crippen LogP contribution in [0.5, 0.6) is 11.5 Å². The highest BCUT2D eigenvalue weighted by molar-refractivity contribution is 6.45. The fourth-order valence-corrected chi connectivity index (χ4v) is 4.08. The van der Waals surface area contributed by atoms with E-state index in [9.17, 15) is 19.2 Å². The average molecular weight is 449 g/mol. The topological polar surface area (TPSA) is 111 Å². The monoisotopic (exact) mass is 449 g/mol. The predicted molar refractivity (Wildman–Crippen MR) is 112 cm³/mol. The average Bonchev–Trinajstić information content (AvgIpc) is 3.56. The number of aryl methyl sites for hydroxylation is 1. The Morgan fingerprint density at radius 1 is 0.970 bits per heavy atom. The van der Waals surface area contributed by atoms with Gasteiger partial charge in [0.25, 0.3) is 0 Å². The van der Waals surface area contributed by atoms with Gasteiger partial charge in [0.2, 0.25) is 6.79 Å². The van der Waals surface area contributed by atoms with Gasteiger partial charge in [0.05, 0.1) is 19.4 Å². The predicted octanol–water partition coefficient (Wildman–Crippen LogP) is 2.59. The van der Waals surface area contributed by atoms with Crippen LogP contribution in [-0.2, 0) is 16.1 Å². The molecule has 0 bridgehead atoms. The van der Waals surface area contributed by atoms with Gasteiger partial charge in [-0.2, -0.15) is 0 Å². The number of ether oxygens (including phenoxy) is 2. The second-order valence-electron chi connectivity index (χ2n) is 7.73. The zero-order valence-electron chi connectivity index (χ0n) is 17.9. The summed E-state index contributed by atoms with van der Waals surface area (Å²) in [5.74, 6) is -0.877. The van der Waals surface area contributed by atoms with E-state index in [4.69, 9.17) is 13.9 Å². The van der Waals surface area contributed by atoms with Crippen molar-refractivity contribution in [2.45, 2.75) is 20.4 Å². The molecule has 10 heteroatoms. The highest BCUT2D eigenvalue weighted by Crippen LogP contribution is 2.35. The lowest BCUT2D eigenvalue weighted by Crippen LogP contribution is -2.37. The van der Waals surface area contributed by atoms with Crippen molar-refractivity contribution in [2.24, 2.45) is 0 Å². The van der Waals surface area contributed by atoms with Crippen LogP contribution in [0.25, 0.3) is 5.69 Å². The number of ketones is 1. The number of rotatable bonds is 6. The Labute approximate surface area is 187 Å². The van der Waals surface area contributed by atoms with Gasteiger partial charge in [-0.1, -0.05) is 0 Å². The molecule has 2 aromatic heterocycles. The third-order valence-electron chi connectivity index (χ3n) is 5.68. The molecule has 0 radical (unpaired) electrons. The minimum atomic E-state index is -1.04. The van der Waals surface area contributed by atoms with Gasteiger partial charge < -0.3 is 18.5 Å². The Morgan fingerprint density at radius 3 is 2.48 bits per heavy atom. The number of hydrogen-bond donors (Lipinski definition) is 0. The summed E-state index contributed by atoms with van der Waals surface area (Å²) in [6.45, 7) is 3.05. The molecule has 0 atom stereocenters. The smallest absolute Gasteiger partial charge is 0.335 e. The van der Waals surface area contributed by atoms with Crippen molar-refractivity contribution in [1.82, 2.24) is 14.4 Å². The lowest BCUT2D eigenvalue weighted by Gasteiger charge is -2.14. The number of carbonyl (C=O) groups is 4. The molecular formula is C23H19N3O7. The molecule has 0 saturated carbocycles. The first-order chi connectivity index (χ1) is 15.8. The van der Waals surface area contributed by atoms with Crippen LogP contribution in [0.2, 0.25) is 0 Å². The highest BCUT2D eigenvalue weighted by Gasteiger charge is 2.45. The first kappa shape index (κ1) is 20.6. The molecule has 1 saturated heterocycles. The molecule has 4 amide bonds. The molecule has 3 aromatic rings. The van der Waals surface area contributed by atoms with Crippen molar-refractivity contribution >= 4 is 23.6 Å². The second-order valence-corrected chi connectivity index (χ2v) is 7.73. The number of carbonyl (C=O) groups excluding carboxylic acids is 4. The molecule has 5 rings (SSSR count). The Kier molecular flexibility index (Phi) is 4.77.